The fourth-order valence-electron chi connectivity index (χ4n) is 1.95. The van der Waals surface area contributed by atoms with Crippen molar-refractivity contribution in [3.8, 4) is 0 Å². The van der Waals surface area contributed by atoms with Crippen LogP contribution >= 0.6 is 11.6 Å². The summed E-state index contributed by atoms with van der Waals surface area (Å²) in [5.41, 5.74) is 0.799. The van der Waals surface area contributed by atoms with E-state index in [4.69, 9.17) is 11.6 Å². The first-order valence-corrected chi connectivity index (χ1v) is 7.42. The average Bonchev–Trinajstić information content (AvgIpc) is 2.57. The number of hydrogen-bond acceptors (Lipinski definition) is 4. The molecule has 7 nitrogen and oxygen atoms in total. The van der Waals surface area contributed by atoms with Crippen LogP contribution in [-0.2, 0) is 16.0 Å². The van der Waals surface area contributed by atoms with Gasteiger partial charge in [0.05, 0.1) is 15.6 Å². The van der Waals surface area contributed by atoms with E-state index in [2.05, 4.69) is 10.6 Å². The van der Waals surface area contributed by atoms with Crippen LogP contribution in [0.2, 0.25) is 5.02 Å². The van der Waals surface area contributed by atoms with Crippen molar-refractivity contribution in [2.45, 2.75) is 6.42 Å². The first-order valence-electron chi connectivity index (χ1n) is 7.04. The van der Waals surface area contributed by atoms with E-state index in [0.29, 0.717) is 13.0 Å². The van der Waals surface area contributed by atoms with Crippen molar-refractivity contribution in [2.24, 2.45) is 0 Å². The van der Waals surface area contributed by atoms with Crippen LogP contribution in [0.25, 0.3) is 0 Å². The molecule has 24 heavy (non-hydrogen) atoms. The molecule has 0 aliphatic carbocycles. The Morgan fingerprint density at radius 2 is 1.79 bits per heavy atom. The van der Waals surface area contributed by atoms with Gasteiger partial charge in [-0.2, -0.15) is 0 Å². The average molecular weight is 348 g/mol. The summed E-state index contributed by atoms with van der Waals surface area (Å²) in [5.74, 6) is -1.78. The summed E-state index contributed by atoms with van der Waals surface area (Å²) in [6.45, 7) is 0.291. The molecule has 0 heterocycles. The Hall–Kier alpha value is -2.93. The molecule has 2 amide bonds. The largest absolute Gasteiger partial charge is 0.347 e. The number of nitro groups is 1. The lowest BCUT2D eigenvalue weighted by atomic mass is 10.1. The molecule has 0 radical (unpaired) electrons. The van der Waals surface area contributed by atoms with Crippen molar-refractivity contribution >= 4 is 34.8 Å². The number of halogens is 1. The lowest BCUT2D eigenvalue weighted by Gasteiger charge is -2.08. The van der Waals surface area contributed by atoms with Crippen molar-refractivity contribution in [1.29, 1.82) is 0 Å². The summed E-state index contributed by atoms with van der Waals surface area (Å²) in [7, 11) is 0. The van der Waals surface area contributed by atoms with Crippen LogP contribution in [0.15, 0.2) is 48.5 Å². The molecule has 0 unspecified atom stereocenters. The summed E-state index contributed by atoms with van der Waals surface area (Å²) in [5, 5.41) is 15.6. The van der Waals surface area contributed by atoms with Gasteiger partial charge in [0.15, 0.2) is 0 Å². The summed E-state index contributed by atoms with van der Waals surface area (Å²) in [6, 6.07) is 13.1. The van der Waals surface area contributed by atoms with E-state index in [9.17, 15) is 19.7 Å². The van der Waals surface area contributed by atoms with E-state index >= 15 is 0 Å². The van der Waals surface area contributed by atoms with Gasteiger partial charge in [0, 0.05) is 18.7 Å². The Kier molecular flexibility index (Phi) is 5.86. The number of rotatable bonds is 5. The summed E-state index contributed by atoms with van der Waals surface area (Å²) in [4.78, 5) is 33.7. The normalized spacial score (nSPS) is 10.0. The minimum absolute atomic E-state index is 0.00840. The fraction of sp³-hybridized carbons (Fsp3) is 0.125. The zero-order chi connectivity index (χ0) is 17.5. The highest BCUT2D eigenvalue weighted by Gasteiger charge is 2.17. The molecule has 0 atom stereocenters. The zero-order valence-corrected chi connectivity index (χ0v) is 13.2. The molecule has 0 aliphatic heterocycles. The van der Waals surface area contributed by atoms with Crippen LogP contribution in [-0.4, -0.2) is 23.3 Å². The Bertz CT molecular complexity index is 765. The monoisotopic (exact) mass is 347 g/mol. The van der Waals surface area contributed by atoms with Gasteiger partial charge >= 0.3 is 11.8 Å². The van der Waals surface area contributed by atoms with Crippen LogP contribution in [0.4, 0.5) is 11.4 Å². The highest BCUT2D eigenvalue weighted by atomic mass is 35.5. The molecule has 8 heteroatoms. The minimum Gasteiger partial charge on any atom is -0.347 e. The molecule has 0 aromatic heterocycles. The number of nitro benzene ring substituents is 1. The second kappa shape index (κ2) is 8.07. The van der Waals surface area contributed by atoms with E-state index in [1.54, 1.807) is 0 Å². The van der Waals surface area contributed by atoms with Crippen molar-refractivity contribution in [3.05, 3.63) is 69.2 Å². The van der Waals surface area contributed by atoms with Crippen molar-refractivity contribution in [3.63, 3.8) is 0 Å². The number of nitrogens with one attached hydrogen (secondary N) is 2. The van der Waals surface area contributed by atoms with Gasteiger partial charge in [-0.3, -0.25) is 19.7 Å². The standard InChI is InChI=1S/C16H14ClN3O4/c17-13-7-6-12(20(23)24)10-14(13)19-16(22)15(21)18-9-8-11-4-2-1-3-5-11/h1-7,10H,8-9H2,(H,18,21)(H,19,22). The van der Waals surface area contributed by atoms with Crippen LogP contribution in [0.5, 0.6) is 0 Å². The molecule has 0 fully saturated rings. The van der Waals surface area contributed by atoms with Gasteiger partial charge in [-0.15, -0.1) is 0 Å². The maximum absolute atomic E-state index is 11.8. The third-order valence-corrected chi connectivity index (χ3v) is 3.49. The quantitative estimate of drug-likeness (QED) is 0.493. The van der Waals surface area contributed by atoms with Crippen molar-refractivity contribution in [1.82, 2.24) is 5.32 Å². The van der Waals surface area contributed by atoms with Gasteiger partial charge in [-0.1, -0.05) is 41.9 Å². The van der Waals surface area contributed by atoms with Gasteiger partial charge in [-0.05, 0) is 18.1 Å². The minimum atomic E-state index is -0.939. The second-order valence-corrected chi connectivity index (χ2v) is 5.27. The maximum atomic E-state index is 11.8. The Morgan fingerprint density at radius 1 is 1.08 bits per heavy atom. The molecule has 2 rings (SSSR count). The maximum Gasteiger partial charge on any atom is 0.313 e. The summed E-state index contributed by atoms with van der Waals surface area (Å²) >= 11 is 5.87. The number of nitrogens with zero attached hydrogens (tertiary/aromatic N) is 1. The molecule has 124 valence electrons. The van der Waals surface area contributed by atoms with Crippen molar-refractivity contribution in [2.75, 3.05) is 11.9 Å². The molecule has 0 aliphatic rings. The molecule has 0 bridgehead atoms. The zero-order valence-electron chi connectivity index (χ0n) is 12.5. The molecular weight excluding hydrogens is 334 g/mol. The van der Waals surface area contributed by atoms with Crippen LogP contribution in [0.1, 0.15) is 5.56 Å². The van der Waals surface area contributed by atoms with Crippen molar-refractivity contribution < 1.29 is 14.5 Å². The van der Waals surface area contributed by atoms with E-state index in [1.165, 1.54) is 12.1 Å². The highest BCUT2D eigenvalue weighted by molar-refractivity contribution is 6.41. The van der Waals surface area contributed by atoms with Gasteiger partial charge in [0.25, 0.3) is 5.69 Å². The van der Waals surface area contributed by atoms with E-state index in [0.717, 1.165) is 11.6 Å². The lowest BCUT2D eigenvalue weighted by molar-refractivity contribution is -0.384. The smallest absolute Gasteiger partial charge is 0.313 e. The third-order valence-electron chi connectivity index (χ3n) is 3.16. The number of amides is 2. The fourth-order valence-corrected chi connectivity index (χ4v) is 2.11. The van der Waals surface area contributed by atoms with Gasteiger partial charge in [0.1, 0.15) is 0 Å². The van der Waals surface area contributed by atoms with Crippen LogP contribution in [0, 0.1) is 10.1 Å². The Balaban J connectivity index is 1.91. The Labute approximate surface area is 142 Å². The second-order valence-electron chi connectivity index (χ2n) is 4.87. The number of benzene rings is 2. The predicted molar refractivity (Wildman–Crippen MR) is 89.9 cm³/mol. The van der Waals surface area contributed by atoms with Crippen LogP contribution in [0.3, 0.4) is 0 Å². The van der Waals surface area contributed by atoms with Crippen LogP contribution < -0.4 is 10.6 Å². The number of carbonyl (C=O) groups excluding carboxylic acids is 2. The highest BCUT2D eigenvalue weighted by Crippen LogP contribution is 2.26. The summed E-state index contributed by atoms with van der Waals surface area (Å²) in [6.07, 6.45) is 0.581. The number of non-ortho nitro benzene ring substituents is 1. The number of anilines is 1. The van der Waals surface area contributed by atoms with E-state index in [1.807, 2.05) is 30.3 Å². The van der Waals surface area contributed by atoms with E-state index in [-0.39, 0.29) is 16.4 Å². The SMILES string of the molecule is O=C(NCCc1ccccc1)C(=O)Nc1cc([N+](=O)[O-])ccc1Cl. The predicted octanol–water partition coefficient (Wildman–Crippen LogP) is 2.55. The molecular formula is C16H14ClN3O4. The van der Waals surface area contributed by atoms with Gasteiger partial charge in [0.2, 0.25) is 0 Å². The first-order chi connectivity index (χ1) is 11.5. The molecule has 2 N–H and O–H groups in total. The number of hydrogen-bond donors (Lipinski definition) is 2. The molecule has 0 spiro atoms. The molecule has 2 aromatic rings. The van der Waals surface area contributed by atoms with Gasteiger partial charge in [-0.25, -0.2) is 0 Å². The lowest BCUT2D eigenvalue weighted by Crippen LogP contribution is -2.36. The molecule has 2 aromatic carbocycles. The Morgan fingerprint density at radius 3 is 2.46 bits per heavy atom. The van der Waals surface area contributed by atoms with Gasteiger partial charge < -0.3 is 10.6 Å². The third kappa shape index (κ3) is 4.79. The first kappa shape index (κ1) is 17.4. The summed E-state index contributed by atoms with van der Waals surface area (Å²) < 4.78 is 0. The topological polar surface area (TPSA) is 101 Å². The number of carbonyl (C=O) groups is 2. The molecule has 0 saturated heterocycles. The molecule has 0 saturated carbocycles. The van der Waals surface area contributed by atoms with E-state index < -0.39 is 16.7 Å².